The van der Waals surface area contributed by atoms with E-state index in [1.165, 1.54) is 0 Å². The average Bonchev–Trinajstić information content (AvgIpc) is 3.69. The Morgan fingerprint density at radius 3 is 1.50 bits per heavy atom. The third-order valence-corrected chi connectivity index (χ3v) is 9.62. The van der Waals surface area contributed by atoms with Crippen LogP contribution in [-0.2, 0) is 0 Å². The summed E-state index contributed by atoms with van der Waals surface area (Å²) in [5, 5.41) is 33.5. The number of para-hydroxylation sites is 3. The third kappa shape index (κ3) is 4.38. The van der Waals surface area contributed by atoms with Gasteiger partial charge in [0, 0.05) is 32.8 Å². The summed E-state index contributed by atoms with van der Waals surface area (Å²) >= 11 is 0. The Balaban J connectivity index is 1.23. The van der Waals surface area contributed by atoms with Crippen LogP contribution < -0.4 is 0 Å². The van der Waals surface area contributed by atoms with Gasteiger partial charge in [0.2, 0.25) is 0 Å². The topological polar surface area (TPSA) is 81.2 Å². The molecule has 0 unspecified atom stereocenters. The Morgan fingerprint density at radius 2 is 0.860 bits per heavy atom. The highest BCUT2D eigenvalue weighted by Gasteiger charge is 2.19. The molecule has 0 saturated heterocycles. The highest BCUT2D eigenvalue weighted by Crippen LogP contribution is 2.41. The molecule has 2 aromatic heterocycles. The van der Waals surface area contributed by atoms with Crippen LogP contribution in [0.5, 0.6) is 0 Å². The van der Waals surface area contributed by atoms with Crippen LogP contribution >= 0.6 is 0 Å². The molecule has 0 bridgehead atoms. The fourth-order valence-electron chi connectivity index (χ4n) is 7.40. The van der Waals surface area contributed by atoms with Gasteiger partial charge in [0.05, 0.1) is 62.7 Å². The first-order valence-corrected chi connectivity index (χ1v) is 16.3. The molecule has 0 atom stereocenters. The van der Waals surface area contributed by atoms with E-state index in [1.807, 2.05) is 91.0 Å². The zero-order valence-corrected chi connectivity index (χ0v) is 26.7. The van der Waals surface area contributed by atoms with E-state index in [0.717, 1.165) is 77.2 Å². The highest BCUT2D eigenvalue weighted by molar-refractivity contribution is 6.11. The van der Waals surface area contributed by atoms with E-state index >= 15 is 0 Å². The zero-order chi connectivity index (χ0) is 33.8. The number of rotatable bonds is 4. The van der Waals surface area contributed by atoms with Gasteiger partial charge in [-0.2, -0.15) is 15.8 Å². The summed E-state index contributed by atoms with van der Waals surface area (Å²) in [6, 6.07) is 57.9. The second kappa shape index (κ2) is 11.4. The van der Waals surface area contributed by atoms with E-state index in [-0.39, 0.29) is 0 Å². The van der Waals surface area contributed by atoms with Gasteiger partial charge in [0.1, 0.15) is 0 Å². The lowest BCUT2D eigenvalue weighted by atomic mass is 9.91. The minimum absolute atomic E-state index is 0.582. The van der Waals surface area contributed by atoms with Gasteiger partial charge in [-0.1, -0.05) is 72.8 Å². The second-order valence-electron chi connectivity index (χ2n) is 12.3. The normalized spacial score (nSPS) is 11.1. The van der Waals surface area contributed by atoms with Crippen LogP contribution in [-0.4, -0.2) is 9.13 Å². The SMILES string of the molecule is N#Cc1ccc(-c2ccc(-n3c4ccccc4c4cc(C#N)ccc43)cc2)c(-c2ccccc2-n2c3ccccc3c3cc(C#N)ccc32)c1. The predicted molar refractivity (Wildman–Crippen MR) is 200 cm³/mol. The molecule has 0 N–H and O–H groups in total. The molecule has 0 aliphatic heterocycles. The van der Waals surface area contributed by atoms with E-state index in [0.29, 0.717) is 16.7 Å². The van der Waals surface area contributed by atoms with E-state index in [9.17, 15) is 15.8 Å². The number of fused-ring (bicyclic) bond motifs is 6. The average molecular weight is 636 g/mol. The second-order valence-corrected chi connectivity index (χ2v) is 12.3. The number of hydrogen-bond donors (Lipinski definition) is 0. The van der Waals surface area contributed by atoms with Gasteiger partial charge in [-0.3, -0.25) is 0 Å². The minimum atomic E-state index is 0.582. The lowest BCUT2D eigenvalue weighted by Crippen LogP contribution is -1.99. The van der Waals surface area contributed by atoms with Gasteiger partial charge in [0.15, 0.2) is 0 Å². The van der Waals surface area contributed by atoms with Crippen LogP contribution in [0.25, 0.3) is 77.2 Å². The Bertz CT molecular complexity index is 2960. The third-order valence-electron chi connectivity index (χ3n) is 9.62. The molecule has 0 aliphatic carbocycles. The van der Waals surface area contributed by atoms with Crippen molar-refractivity contribution in [2.45, 2.75) is 0 Å². The molecule has 7 aromatic carbocycles. The van der Waals surface area contributed by atoms with Gasteiger partial charge < -0.3 is 9.13 Å². The van der Waals surface area contributed by atoms with Gasteiger partial charge in [-0.15, -0.1) is 0 Å². The molecule has 230 valence electrons. The van der Waals surface area contributed by atoms with Crippen LogP contribution in [0.1, 0.15) is 16.7 Å². The summed E-state index contributed by atoms with van der Waals surface area (Å²) in [6.07, 6.45) is 0. The fraction of sp³-hybridized carbons (Fsp3) is 0. The number of aromatic nitrogens is 2. The molecule has 2 heterocycles. The molecule has 50 heavy (non-hydrogen) atoms. The molecular weight excluding hydrogens is 611 g/mol. The number of nitriles is 3. The first kappa shape index (κ1) is 28.8. The highest BCUT2D eigenvalue weighted by atomic mass is 15.0. The standard InChI is InChI=1S/C45H25N5/c46-26-29-13-20-34(32-16-18-33(19-17-32)49-41-10-4-2-8-36(41)39-24-30(27-47)14-21-44(39)49)38(23-29)35-7-1-5-11-42(35)50-43-12-6-3-9-37(43)40-25-31(28-48)15-22-45(40)50/h1-25H. The molecule has 0 saturated carbocycles. The van der Waals surface area contributed by atoms with Crippen LogP contribution in [0, 0.1) is 34.0 Å². The first-order valence-electron chi connectivity index (χ1n) is 16.3. The predicted octanol–water partition coefficient (Wildman–Crippen LogP) is 10.8. The fourth-order valence-corrected chi connectivity index (χ4v) is 7.40. The van der Waals surface area contributed by atoms with E-state index in [1.54, 1.807) is 0 Å². The van der Waals surface area contributed by atoms with Crippen LogP contribution in [0.3, 0.4) is 0 Å². The molecule has 0 spiro atoms. The molecule has 0 amide bonds. The van der Waals surface area contributed by atoms with Crippen molar-refractivity contribution >= 4 is 43.6 Å². The molecule has 0 fully saturated rings. The maximum atomic E-state index is 10.0. The van der Waals surface area contributed by atoms with E-state index in [4.69, 9.17) is 0 Å². The molecular formula is C45H25N5. The Kier molecular flexibility index (Phi) is 6.56. The van der Waals surface area contributed by atoms with Gasteiger partial charge in [-0.05, 0) is 95.6 Å². The first-order chi connectivity index (χ1) is 24.7. The Labute approximate surface area is 287 Å². The smallest absolute Gasteiger partial charge is 0.0991 e. The number of benzene rings is 7. The van der Waals surface area contributed by atoms with Crippen molar-refractivity contribution in [2.75, 3.05) is 0 Å². The number of hydrogen-bond acceptors (Lipinski definition) is 3. The lowest BCUT2D eigenvalue weighted by molar-refractivity contribution is 1.18. The van der Waals surface area contributed by atoms with Gasteiger partial charge in [-0.25, -0.2) is 0 Å². The summed E-state index contributed by atoms with van der Waals surface area (Å²) < 4.78 is 4.50. The van der Waals surface area contributed by atoms with Crippen molar-refractivity contribution in [2.24, 2.45) is 0 Å². The Hall–Kier alpha value is -7.39. The van der Waals surface area contributed by atoms with Crippen molar-refractivity contribution in [3.63, 3.8) is 0 Å². The van der Waals surface area contributed by atoms with Crippen molar-refractivity contribution in [1.82, 2.24) is 9.13 Å². The van der Waals surface area contributed by atoms with E-state index < -0.39 is 0 Å². The van der Waals surface area contributed by atoms with Gasteiger partial charge in [0.25, 0.3) is 0 Å². The summed E-state index contributed by atoms with van der Waals surface area (Å²) in [7, 11) is 0. The van der Waals surface area contributed by atoms with Gasteiger partial charge >= 0.3 is 0 Å². The summed E-state index contributed by atoms with van der Waals surface area (Å²) in [6.45, 7) is 0. The molecule has 9 rings (SSSR count). The quantitative estimate of drug-likeness (QED) is 0.193. The van der Waals surface area contributed by atoms with Crippen LogP contribution in [0.4, 0.5) is 0 Å². The maximum Gasteiger partial charge on any atom is 0.0991 e. The summed E-state index contributed by atoms with van der Waals surface area (Å²) in [5.41, 5.74) is 12.0. The van der Waals surface area contributed by atoms with Crippen molar-refractivity contribution in [3.05, 3.63) is 168 Å². The maximum absolute atomic E-state index is 10.0. The van der Waals surface area contributed by atoms with Crippen LogP contribution in [0.15, 0.2) is 152 Å². The molecule has 0 radical (unpaired) electrons. The van der Waals surface area contributed by atoms with Crippen LogP contribution in [0.2, 0.25) is 0 Å². The largest absolute Gasteiger partial charge is 0.309 e. The molecule has 5 nitrogen and oxygen atoms in total. The van der Waals surface area contributed by atoms with Crippen molar-refractivity contribution in [1.29, 1.82) is 15.8 Å². The lowest BCUT2D eigenvalue weighted by Gasteiger charge is -2.17. The molecule has 9 aromatic rings. The summed E-state index contributed by atoms with van der Waals surface area (Å²) in [4.78, 5) is 0. The monoisotopic (exact) mass is 635 g/mol. The van der Waals surface area contributed by atoms with E-state index in [2.05, 4.69) is 88.0 Å². The van der Waals surface area contributed by atoms with Crippen molar-refractivity contribution < 1.29 is 0 Å². The Morgan fingerprint density at radius 1 is 0.360 bits per heavy atom. The number of nitrogens with zero attached hydrogens (tertiary/aromatic N) is 5. The van der Waals surface area contributed by atoms with Crippen molar-refractivity contribution in [3.8, 4) is 51.8 Å². The minimum Gasteiger partial charge on any atom is -0.309 e. The zero-order valence-electron chi connectivity index (χ0n) is 26.7. The molecule has 0 aliphatic rings. The molecule has 5 heteroatoms. The summed E-state index contributed by atoms with van der Waals surface area (Å²) in [5.74, 6) is 0.